The topological polar surface area (TPSA) is 33.3 Å². The molecular formula is C15H22N2O. The Morgan fingerprint density at radius 1 is 1.22 bits per heavy atom. The van der Waals surface area contributed by atoms with Gasteiger partial charge in [-0.2, -0.15) is 0 Å². The van der Waals surface area contributed by atoms with Crippen molar-refractivity contribution in [3.05, 3.63) is 23.8 Å². The van der Waals surface area contributed by atoms with Crippen LogP contribution in [0.2, 0.25) is 0 Å². The molecule has 3 rings (SSSR count). The Balaban J connectivity index is 1.83. The van der Waals surface area contributed by atoms with E-state index in [9.17, 15) is 0 Å². The van der Waals surface area contributed by atoms with E-state index >= 15 is 0 Å². The lowest BCUT2D eigenvalue weighted by Crippen LogP contribution is -2.47. The van der Waals surface area contributed by atoms with Gasteiger partial charge in [-0.25, -0.2) is 0 Å². The number of hydrogen-bond acceptors (Lipinski definition) is 3. The molecule has 2 N–H and O–H groups in total. The molecule has 18 heavy (non-hydrogen) atoms. The van der Waals surface area contributed by atoms with Crippen molar-refractivity contribution >= 4 is 5.69 Å². The Kier molecular flexibility index (Phi) is 3.16. The van der Waals surface area contributed by atoms with Gasteiger partial charge in [-0.05, 0) is 50.8 Å². The highest BCUT2D eigenvalue weighted by Crippen LogP contribution is 2.35. The zero-order valence-corrected chi connectivity index (χ0v) is 11.1. The van der Waals surface area contributed by atoms with Crippen LogP contribution < -0.4 is 15.4 Å². The second-order valence-corrected chi connectivity index (χ2v) is 5.65. The van der Waals surface area contributed by atoms with Crippen LogP contribution in [0.15, 0.2) is 18.2 Å². The number of ether oxygens (including phenoxy) is 1. The summed E-state index contributed by atoms with van der Waals surface area (Å²) < 4.78 is 6.32. The molecule has 0 amide bonds. The van der Waals surface area contributed by atoms with Crippen LogP contribution >= 0.6 is 0 Å². The lowest BCUT2D eigenvalue weighted by molar-refractivity contribution is 0.0620. The first-order valence-corrected chi connectivity index (χ1v) is 7.02. The average molecular weight is 246 g/mol. The number of fused-ring (bicyclic) bond motifs is 1. The number of para-hydroxylation sites is 1. The van der Waals surface area contributed by atoms with E-state index in [0.717, 1.165) is 38.2 Å². The van der Waals surface area contributed by atoms with Gasteiger partial charge in [0.15, 0.2) is 0 Å². The minimum Gasteiger partial charge on any atom is -0.484 e. The van der Waals surface area contributed by atoms with E-state index in [1.54, 1.807) is 0 Å². The summed E-state index contributed by atoms with van der Waals surface area (Å²) in [5.74, 6) is 1.03. The molecule has 2 aliphatic heterocycles. The molecule has 3 heteroatoms. The van der Waals surface area contributed by atoms with E-state index in [0.29, 0.717) is 0 Å². The fourth-order valence-corrected chi connectivity index (χ4v) is 2.94. The monoisotopic (exact) mass is 246 g/mol. The third kappa shape index (κ3) is 2.32. The number of anilines is 1. The van der Waals surface area contributed by atoms with Gasteiger partial charge < -0.3 is 15.4 Å². The molecule has 2 heterocycles. The largest absolute Gasteiger partial charge is 0.484 e. The van der Waals surface area contributed by atoms with Gasteiger partial charge in [0.05, 0.1) is 5.69 Å². The normalized spacial score (nSPS) is 27.2. The Labute approximate surface area is 109 Å². The van der Waals surface area contributed by atoms with Crippen molar-refractivity contribution in [2.45, 2.75) is 38.2 Å². The first kappa shape index (κ1) is 11.8. The maximum atomic E-state index is 6.32. The molecule has 1 aromatic carbocycles. The van der Waals surface area contributed by atoms with Gasteiger partial charge in [0, 0.05) is 13.1 Å². The highest BCUT2D eigenvalue weighted by atomic mass is 16.5. The van der Waals surface area contributed by atoms with Crippen molar-refractivity contribution in [2.75, 3.05) is 25.0 Å². The summed E-state index contributed by atoms with van der Waals surface area (Å²) in [6.07, 6.45) is 4.70. The summed E-state index contributed by atoms with van der Waals surface area (Å²) >= 11 is 0. The number of aryl methyl sites for hydroxylation is 1. The molecule has 2 aliphatic rings. The quantitative estimate of drug-likeness (QED) is 0.841. The predicted octanol–water partition coefficient (Wildman–Crippen LogP) is 2.57. The smallest absolute Gasteiger partial charge is 0.143 e. The van der Waals surface area contributed by atoms with Gasteiger partial charge >= 0.3 is 0 Å². The predicted molar refractivity (Wildman–Crippen MR) is 74.4 cm³/mol. The number of hydrogen-bond donors (Lipinski definition) is 2. The number of rotatable bonds is 2. The molecule has 1 saturated heterocycles. The third-order valence-corrected chi connectivity index (χ3v) is 3.95. The summed E-state index contributed by atoms with van der Waals surface area (Å²) in [5.41, 5.74) is 2.55. The first-order chi connectivity index (χ1) is 8.77. The van der Waals surface area contributed by atoms with E-state index in [2.05, 4.69) is 35.8 Å². The van der Waals surface area contributed by atoms with Crippen molar-refractivity contribution in [3.63, 3.8) is 0 Å². The molecule has 0 aliphatic carbocycles. The molecule has 0 radical (unpaired) electrons. The molecule has 0 spiro atoms. The molecule has 0 aromatic heterocycles. The lowest BCUT2D eigenvalue weighted by Gasteiger charge is -2.36. The molecule has 1 fully saturated rings. The van der Waals surface area contributed by atoms with E-state index in [1.165, 1.54) is 24.1 Å². The van der Waals surface area contributed by atoms with Gasteiger partial charge in [0.2, 0.25) is 0 Å². The molecule has 0 bridgehead atoms. The summed E-state index contributed by atoms with van der Waals surface area (Å²) in [7, 11) is 0. The van der Waals surface area contributed by atoms with Crippen LogP contribution in [0.25, 0.3) is 0 Å². The summed E-state index contributed by atoms with van der Waals surface area (Å²) in [5, 5.41) is 6.92. The molecular weight excluding hydrogens is 224 g/mol. The van der Waals surface area contributed by atoms with E-state index < -0.39 is 0 Å². The van der Waals surface area contributed by atoms with Crippen LogP contribution in [0.3, 0.4) is 0 Å². The molecule has 98 valence electrons. The van der Waals surface area contributed by atoms with Crippen LogP contribution in [0, 0.1) is 0 Å². The van der Waals surface area contributed by atoms with Gasteiger partial charge in [0.1, 0.15) is 11.4 Å². The zero-order chi connectivity index (χ0) is 12.4. The van der Waals surface area contributed by atoms with Crippen LogP contribution in [0.1, 0.15) is 31.7 Å². The lowest BCUT2D eigenvalue weighted by atomic mass is 9.96. The fraction of sp³-hybridized carbons (Fsp3) is 0.600. The van der Waals surface area contributed by atoms with Crippen molar-refractivity contribution in [3.8, 4) is 5.75 Å². The number of benzene rings is 1. The van der Waals surface area contributed by atoms with Crippen molar-refractivity contribution < 1.29 is 4.74 Å². The molecule has 1 aromatic rings. The standard InChI is InChI=1S/C15H22N2O/c1-15(8-4-9-16-11-15)18-13-7-2-5-12-6-3-10-17-14(12)13/h2,5,7,16-17H,3-4,6,8-11H2,1H3. The second-order valence-electron chi connectivity index (χ2n) is 5.65. The van der Waals surface area contributed by atoms with Gasteiger partial charge in [0.25, 0.3) is 0 Å². The maximum Gasteiger partial charge on any atom is 0.143 e. The Bertz CT molecular complexity index is 425. The number of nitrogens with one attached hydrogen (secondary N) is 2. The SMILES string of the molecule is CC1(Oc2cccc3c2NCCC3)CCCNC1. The summed E-state index contributed by atoms with van der Waals surface area (Å²) in [4.78, 5) is 0. The van der Waals surface area contributed by atoms with Crippen LogP contribution in [0.4, 0.5) is 5.69 Å². The molecule has 1 unspecified atom stereocenters. The number of piperidine rings is 1. The highest BCUT2D eigenvalue weighted by molar-refractivity contribution is 5.63. The van der Waals surface area contributed by atoms with Gasteiger partial charge in [-0.1, -0.05) is 12.1 Å². The Hall–Kier alpha value is -1.22. The Morgan fingerprint density at radius 3 is 3.00 bits per heavy atom. The van der Waals surface area contributed by atoms with Crippen molar-refractivity contribution in [2.24, 2.45) is 0 Å². The fourth-order valence-electron chi connectivity index (χ4n) is 2.94. The third-order valence-electron chi connectivity index (χ3n) is 3.95. The van der Waals surface area contributed by atoms with Crippen LogP contribution in [0.5, 0.6) is 5.75 Å². The van der Waals surface area contributed by atoms with Gasteiger partial charge in [-0.15, -0.1) is 0 Å². The second kappa shape index (κ2) is 4.81. The molecule has 1 atom stereocenters. The minimum atomic E-state index is -0.0630. The van der Waals surface area contributed by atoms with Crippen LogP contribution in [-0.4, -0.2) is 25.2 Å². The van der Waals surface area contributed by atoms with Crippen LogP contribution in [-0.2, 0) is 6.42 Å². The Morgan fingerprint density at radius 2 is 2.17 bits per heavy atom. The zero-order valence-electron chi connectivity index (χ0n) is 11.1. The first-order valence-electron chi connectivity index (χ1n) is 7.02. The van der Waals surface area contributed by atoms with E-state index in [4.69, 9.17) is 4.74 Å². The van der Waals surface area contributed by atoms with Gasteiger partial charge in [-0.3, -0.25) is 0 Å². The minimum absolute atomic E-state index is 0.0630. The van der Waals surface area contributed by atoms with Crippen molar-refractivity contribution in [1.82, 2.24) is 5.32 Å². The van der Waals surface area contributed by atoms with Crippen molar-refractivity contribution in [1.29, 1.82) is 0 Å². The van der Waals surface area contributed by atoms with E-state index in [1.807, 2.05) is 0 Å². The maximum absolute atomic E-state index is 6.32. The summed E-state index contributed by atoms with van der Waals surface area (Å²) in [6.45, 7) is 5.32. The summed E-state index contributed by atoms with van der Waals surface area (Å²) in [6, 6.07) is 6.41. The van der Waals surface area contributed by atoms with E-state index in [-0.39, 0.29) is 5.60 Å². The molecule has 3 nitrogen and oxygen atoms in total. The molecule has 0 saturated carbocycles. The highest BCUT2D eigenvalue weighted by Gasteiger charge is 2.30. The average Bonchev–Trinajstić information content (AvgIpc) is 2.40.